The van der Waals surface area contributed by atoms with Crippen LogP contribution in [-0.4, -0.2) is 0 Å². The number of fused-ring (bicyclic) bond motifs is 1. The molecule has 0 atom stereocenters. The molecule has 0 N–H and O–H groups in total. The zero-order chi connectivity index (χ0) is 35.3. The maximum Gasteiger partial charge on any atom is 0.0645 e. The van der Waals surface area contributed by atoms with Gasteiger partial charge in [-0.3, -0.25) is 0 Å². The van der Waals surface area contributed by atoms with Crippen molar-refractivity contribution in [1.82, 2.24) is 0 Å². The van der Waals surface area contributed by atoms with Gasteiger partial charge in [-0.05, 0) is 92.6 Å². The van der Waals surface area contributed by atoms with Crippen molar-refractivity contribution in [2.24, 2.45) is 0 Å². The molecule has 0 fully saturated rings. The van der Waals surface area contributed by atoms with E-state index in [2.05, 4.69) is 42.5 Å². The van der Waals surface area contributed by atoms with Crippen LogP contribution in [0.4, 0.5) is 17.1 Å². The monoisotopic (exact) mass is 532 g/mol. The van der Waals surface area contributed by atoms with E-state index in [0.29, 0.717) is 11.4 Å². The predicted molar refractivity (Wildman–Crippen MR) is 175 cm³/mol. The highest BCUT2D eigenvalue weighted by molar-refractivity contribution is 5.88. The fourth-order valence-electron chi connectivity index (χ4n) is 4.95. The summed E-state index contributed by atoms with van der Waals surface area (Å²) in [7, 11) is 0. The van der Waals surface area contributed by atoms with Crippen molar-refractivity contribution >= 4 is 27.8 Å². The first-order valence-corrected chi connectivity index (χ1v) is 13.3. The maximum absolute atomic E-state index is 9.09. The molecule has 0 unspecified atom stereocenters. The van der Waals surface area contributed by atoms with E-state index >= 15 is 0 Å². The summed E-state index contributed by atoms with van der Waals surface area (Å²) >= 11 is 0. The number of nitrogens with zero attached hydrogens (tertiary/aromatic N) is 1. The van der Waals surface area contributed by atoms with Gasteiger partial charge in [-0.2, -0.15) is 0 Å². The van der Waals surface area contributed by atoms with Crippen molar-refractivity contribution in [3.63, 3.8) is 0 Å². The van der Waals surface area contributed by atoms with Gasteiger partial charge in [0.2, 0.25) is 0 Å². The van der Waals surface area contributed by atoms with Crippen LogP contribution in [0.5, 0.6) is 0 Å². The third-order valence-corrected chi connectivity index (χ3v) is 7.00. The molecule has 0 saturated carbocycles. The highest BCUT2D eigenvalue weighted by Crippen LogP contribution is 2.37. The lowest BCUT2D eigenvalue weighted by Gasteiger charge is -2.26. The van der Waals surface area contributed by atoms with E-state index in [0.717, 1.165) is 27.6 Å². The molecule has 0 saturated heterocycles. The number of benzene rings is 7. The summed E-state index contributed by atoms with van der Waals surface area (Å²) in [6.07, 6.45) is 0. The average molecular weight is 533 g/mol. The summed E-state index contributed by atoms with van der Waals surface area (Å²) in [6.45, 7) is 0. The first-order valence-electron chi connectivity index (χ1n) is 17.8. The Balaban J connectivity index is 1.33. The molecular formula is C40H29N. The largest absolute Gasteiger partial charge is 0.311 e. The van der Waals surface area contributed by atoms with Crippen molar-refractivity contribution in [2.45, 2.75) is 0 Å². The van der Waals surface area contributed by atoms with Gasteiger partial charge in [-0.1, -0.05) is 127 Å². The highest BCUT2D eigenvalue weighted by Gasteiger charge is 2.13. The van der Waals surface area contributed by atoms with E-state index < -0.39 is 54.4 Å². The maximum atomic E-state index is 9.09. The molecule has 0 spiro atoms. The molecule has 0 bridgehead atoms. The van der Waals surface area contributed by atoms with Crippen molar-refractivity contribution in [3.8, 4) is 33.4 Å². The predicted octanol–water partition coefficient (Wildman–Crippen LogP) is 11.3. The Kier molecular flexibility index (Phi) is 4.46. The molecular weight excluding hydrogens is 494 g/mol. The summed E-state index contributed by atoms with van der Waals surface area (Å²) in [5.74, 6) is 0. The molecule has 7 aromatic carbocycles. The molecule has 0 aliphatic heterocycles. The Bertz CT molecular complexity index is 2370. The lowest BCUT2D eigenvalue weighted by atomic mass is 9.97. The van der Waals surface area contributed by atoms with Crippen molar-refractivity contribution in [1.29, 1.82) is 0 Å². The van der Waals surface area contributed by atoms with Crippen LogP contribution in [0.15, 0.2) is 176 Å². The van der Waals surface area contributed by atoms with Crippen LogP contribution in [0, 0.1) is 0 Å². The molecule has 0 aromatic heterocycles. The molecule has 41 heavy (non-hydrogen) atoms. The van der Waals surface area contributed by atoms with Crippen LogP contribution in [0.1, 0.15) is 12.3 Å². The third-order valence-electron chi connectivity index (χ3n) is 7.00. The molecule has 0 radical (unpaired) electrons. The quantitative estimate of drug-likeness (QED) is 0.206. The van der Waals surface area contributed by atoms with Gasteiger partial charge in [-0.25, -0.2) is 0 Å². The van der Waals surface area contributed by atoms with Crippen LogP contribution in [0.2, 0.25) is 0 Å². The lowest BCUT2D eigenvalue weighted by Crippen LogP contribution is -2.09. The summed E-state index contributed by atoms with van der Waals surface area (Å²) in [4.78, 5) is 1.64. The summed E-state index contributed by atoms with van der Waals surface area (Å²) in [5.41, 5.74) is 4.54. The van der Waals surface area contributed by atoms with Crippen LogP contribution >= 0.6 is 0 Å². The Morgan fingerprint density at radius 1 is 0.341 bits per heavy atom. The van der Waals surface area contributed by atoms with E-state index in [4.69, 9.17) is 12.3 Å². The second kappa shape index (κ2) is 11.0. The molecule has 1 nitrogen and oxygen atoms in total. The van der Waals surface area contributed by atoms with Crippen molar-refractivity contribution < 1.29 is 12.3 Å². The number of hydrogen-bond donors (Lipinski definition) is 0. The Morgan fingerprint density at radius 3 is 1.68 bits per heavy atom. The van der Waals surface area contributed by atoms with Gasteiger partial charge in [0.1, 0.15) is 0 Å². The fraction of sp³-hybridized carbons (Fsp3) is 0. The lowest BCUT2D eigenvalue weighted by molar-refractivity contribution is 1.28. The average Bonchev–Trinajstić information content (AvgIpc) is 3.15. The minimum atomic E-state index is -0.615. The summed E-state index contributed by atoms with van der Waals surface area (Å²) < 4.78 is 77.1. The first-order chi connectivity index (χ1) is 24.1. The molecule has 7 aromatic rings. The van der Waals surface area contributed by atoms with Crippen LogP contribution in [0.3, 0.4) is 0 Å². The topological polar surface area (TPSA) is 3.24 Å². The van der Waals surface area contributed by atoms with Gasteiger partial charge < -0.3 is 4.90 Å². The molecule has 0 heterocycles. The van der Waals surface area contributed by atoms with Gasteiger partial charge in [0.15, 0.2) is 0 Å². The molecule has 7 rings (SSSR count). The molecule has 0 amide bonds. The molecule has 194 valence electrons. The minimum Gasteiger partial charge on any atom is -0.311 e. The number of hydrogen-bond acceptors (Lipinski definition) is 1. The summed E-state index contributed by atoms with van der Waals surface area (Å²) in [6, 6.07) is 34.7. The second-order valence-electron chi connectivity index (χ2n) is 9.58. The second-order valence-corrected chi connectivity index (χ2v) is 9.58. The number of anilines is 3. The Morgan fingerprint density at radius 2 is 0.927 bits per heavy atom. The summed E-state index contributed by atoms with van der Waals surface area (Å²) in [5, 5.41) is 2.34. The molecule has 0 aliphatic carbocycles. The Hall–Kier alpha value is -5.40. The van der Waals surface area contributed by atoms with Crippen molar-refractivity contribution in [2.75, 3.05) is 4.90 Å². The molecule has 1 heteroatoms. The van der Waals surface area contributed by atoms with Crippen LogP contribution < -0.4 is 4.90 Å². The fourth-order valence-corrected chi connectivity index (χ4v) is 4.95. The third kappa shape index (κ3) is 5.14. The smallest absolute Gasteiger partial charge is 0.0645 e. The van der Waals surface area contributed by atoms with Gasteiger partial charge in [0, 0.05) is 17.1 Å². The van der Waals surface area contributed by atoms with Gasteiger partial charge in [0.05, 0.1) is 12.3 Å². The van der Waals surface area contributed by atoms with E-state index in [9.17, 15) is 0 Å². The van der Waals surface area contributed by atoms with E-state index in [1.54, 1.807) is 17.0 Å². The molecule has 0 aliphatic rings. The first kappa shape index (κ1) is 16.6. The van der Waals surface area contributed by atoms with Crippen LogP contribution in [0.25, 0.3) is 44.2 Å². The zero-order valence-electron chi connectivity index (χ0n) is 31.0. The van der Waals surface area contributed by atoms with Crippen molar-refractivity contribution in [3.05, 3.63) is 176 Å². The minimum absolute atomic E-state index is 0.0339. The standard InChI is InChI=1S/C40H29N/c1-3-10-30(11-4-1)32-20-24-39(25-21-32)41(38-16-5-2-6-17-38)40-26-22-33(23-27-40)35-14-9-15-36(28-35)37-19-18-31-12-7-8-13-34(31)29-37/h1-29H/i1D,3D,4D,10D,11D,20D,21D,24D,25D. The van der Waals surface area contributed by atoms with E-state index in [1.165, 1.54) is 5.39 Å². The van der Waals surface area contributed by atoms with Gasteiger partial charge in [0.25, 0.3) is 0 Å². The van der Waals surface area contributed by atoms with E-state index in [1.807, 2.05) is 66.7 Å². The van der Waals surface area contributed by atoms with E-state index in [-0.39, 0.29) is 16.8 Å². The normalized spacial score (nSPS) is 14.0. The van der Waals surface area contributed by atoms with Gasteiger partial charge >= 0.3 is 0 Å². The Labute approximate surface area is 254 Å². The zero-order valence-corrected chi connectivity index (χ0v) is 22.0. The SMILES string of the molecule is [2H]c1c([2H])c([2H])c(-c2c([2H])c([2H])c(N(c3ccccc3)c3ccc(-c4cccc(-c5ccc6ccccc6c5)c4)cc3)c([2H])c2[2H])c([2H])c1[2H]. The number of para-hydroxylation sites is 1. The van der Waals surface area contributed by atoms with Crippen LogP contribution in [-0.2, 0) is 0 Å². The number of rotatable bonds is 6. The highest BCUT2D eigenvalue weighted by atomic mass is 15.1. The van der Waals surface area contributed by atoms with Gasteiger partial charge in [-0.15, -0.1) is 0 Å².